The Morgan fingerprint density at radius 3 is 2.47 bits per heavy atom. The fourth-order valence-electron chi connectivity index (χ4n) is 1.64. The van der Waals surface area contributed by atoms with Crippen molar-refractivity contribution in [3.05, 3.63) is 12.7 Å². The van der Waals surface area contributed by atoms with Gasteiger partial charge in [0.05, 0.1) is 6.61 Å². The maximum Gasteiger partial charge on any atom is 0.323 e. The van der Waals surface area contributed by atoms with E-state index in [9.17, 15) is 9.59 Å². The van der Waals surface area contributed by atoms with Gasteiger partial charge in [-0.2, -0.15) is 0 Å². The molecule has 0 aromatic rings. The molecular weight excluding hydrogens is 224 g/mol. The summed E-state index contributed by atoms with van der Waals surface area (Å²) in [6.07, 6.45) is 3.33. The third-order valence-corrected chi connectivity index (χ3v) is 2.52. The number of nitrogens with zero attached hydrogens (tertiary/aromatic N) is 2. The average Bonchev–Trinajstić information content (AvgIpc) is 3.07. The standard InChI is InChI=1S/C11H18N2O4/c1-2-5-12(8-10(15)16)11(17)13(6-7-14)9-3-4-9/h2,9,14H,1,3-8H2,(H,15,16). The van der Waals surface area contributed by atoms with Crippen LogP contribution in [0.5, 0.6) is 0 Å². The number of urea groups is 1. The minimum Gasteiger partial charge on any atom is -0.480 e. The predicted molar refractivity (Wildman–Crippen MR) is 61.6 cm³/mol. The molecule has 0 aromatic carbocycles. The molecule has 1 aliphatic rings. The zero-order chi connectivity index (χ0) is 12.8. The Balaban J connectivity index is 2.65. The quantitative estimate of drug-likeness (QED) is 0.622. The number of aliphatic carboxylic acids is 1. The third kappa shape index (κ3) is 4.07. The van der Waals surface area contributed by atoms with Crippen LogP contribution in [0.1, 0.15) is 12.8 Å². The van der Waals surface area contributed by atoms with Gasteiger partial charge in [0.15, 0.2) is 0 Å². The van der Waals surface area contributed by atoms with Crippen LogP contribution in [0.25, 0.3) is 0 Å². The van der Waals surface area contributed by atoms with E-state index in [4.69, 9.17) is 10.2 Å². The van der Waals surface area contributed by atoms with E-state index in [2.05, 4.69) is 6.58 Å². The number of rotatable bonds is 7. The summed E-state index contributed by atoms with van der Waals surface area (Å²) >= 11 is 0. The monoisotopic (exact) mass is 242 g/mol. The van der Waals surface area contributed by atoms with Gasteiger partial charge in [-0.25, -0.2) is 4.79 Å². The number of aliphatic hydroxyl groups is 1. The van der Waals surface area contributed by atoms with Crippen molar-refractivity contribution in [3.63, 3.8) is 0 Å². The van der Waals surface area contributed by atoms with Gasteiger partial charge in [-0.1, -0.05) is 6.08 Å². The van der Waals surface area contributed by atoms with Gasteiger partial charge < -0.3 is 20.0 Å². The molecule has 1 saturated carbocycles. The minimum absolute atomic E-state index is 0.114. The van der Waals surface area contributed by atoms with Gasteiger partial charge in [0.2, 0.25) is 0 Å². The molecule has 0 saturated heterocycles. The number of carboxylic acids is 1. The van der Waals surface area contributed by atoms with E-state index in [-0.39, 0.29) is 38.3 Å². The van der Waals surface area contributed by atoms with Crippen LogP contribution in [0.4, 0.5) is 4.79 Å². The van der Waals surface area contributed by atoms with Crippen LogP contribution in [0.3, 0.4) is 0 Å². The van der Waals surface area contributed by atoms with Crippen LogP contribution in [-0.4, -0.2) is 64.3 Å². The van der Waals surface area contributed by atoms with Crippen LogP contribution >= 0.6 is 0 Å². The van der Waals surface area contributed by atoms with Crippen molar-refractivity contribution in [1.82, 2.24) is 9.80 Å². The fourth-order valence-corrected chi connectivity index (χ4v) is 1.64. The zero-order valence-electron chi connectivity index (χ0n) is 9.71. The van der Waals surface area contributed by atoms with Gasteiger partial charge in [-0.3, -0.25) is 4.79 Å². The second-order valence-electron chi connectivity index (χ2n) is 3.99. The van der Waals surface area contributed by atoms with E-state index in [1.807, 2.05) is 0 Å². The Kier molecular flexibility index (Phi) is 4.96. The van der Waals surface area contributed by atoms with E-state index < -0.39 is 5.97 Å². The Morgan fingerprint density at radius 1 is 1.41 bits per heavy atom. The fraction of sp³-hybridized carbons (Fsp3) is 0.636. The molecule has 96 valence electrons. The summed E-state index contributed by atoms with van der Waals surface area (Å²) in [6, 6.07) is -0.195. The first-order chi connectivity index (χ1) is 8.10. The molecule has 1 rings (SSSR count). The molecule has 0 spiro atoms. The Labute approximate surface area is 100 Å². The van der Waals surface area contributed by atoms with Crippen LogP contribution in [0.15, 0.2) is 12.7 Å². The SMILES string of the molecule is C=CCN(CC(=O)O)C(=O)N(CCO)C1CC1. The molecule has 0 aromatic heterocycles. The Morgan fingerprint density at radius 2 is 2.06 bits per heavy atom. The van der Waals surface area contributed by atoms with Crippen LogP contribution in [0.2, 0.25) is 0 Å². The van der Waals surface area contributed by atoms with Gasteiger partial charge in [-0.15, -0.1) is 6.58 Å². The first kappa shape index (κ1) is 13.5. The van der Waals surface area contributed by atoms with Crippen molar-refractivity contribution < 1.29 is 19.8 Å². The third-order valence-electron chi connectivity index (χ3n) is 2.52. The van der Waals surface area contributed by atoms with Crippen molar-refractivity contribution in [1.29, 1.82) is 0 Å². The van der Waals surface area contributed by atoms with Gasteiger partial charge in [0.1, 0.15) is 6.54 Å². The molecule has 17 heavy (non-hydrogen) atoms. The number of carbonyl (C=O) groups is 2. The Hall–Kier alpha value is -1.56. The smallest absolute Gasteiger partial charge is 0.323 e. The first-order valence-corrected chi connectivity index (χ1v) is 5.59. The molecule has 0 atom stereocenters. The van der Waals surface area contributed by atoms with E-state index in [1.54, 1.807) is 0 Å². The summed E-state index contributed by atoms with van der Waals surface area (Å²) in [4.78, 5) is 25.5. The largest absolute Gasteiger partial charge is 0.480 e. The van der Waals surface area contributed by atoms with Crippen molar-refractivity contribution >= 4 is 12.0 Å². The number of carbonyl (C=O) groups excluding carboxylic acids is 1. The van der Waals surface area contributed by atoms with Crippen molar-refractivity contribution in [2.24, 2.45) is 0 Å². The summed E-state index contributed by atoms with van der Waals surface area (Å²) in [6.45, 7) is 3.48. The van der Waals surface area contributed by atoms with Gasteiger partial charge >= 0.3 is 12.0 Å². The summed E-state index contributed by atoms with van der Waals surface area (Å²) in [5.41, 5.74) is 0. The number of amides is 2. The summed E-state index contributed by atoms with van der Waals surface area (Å²) < 4.78 is 0. The summed E-state index contributed by atoms with van der Waals surface area (Å²) in [7, 11) is 0. The van der Waals surface area contributed by atoms with Crippen molar-refractivity contribution in [2.75, 3.05) is 26.2 Å². The number of carboxylic acid groups (broad SMARTS) is 1. The van der Waals surface area contributed by atoms with Crippen LogP contribution in [0, 0.1) is 0 Å². The van der Waals surface area contributed by atoms with E-state index in [0.29, 0.717) is 0 Å². The number of hydrogen-bond acceptors (Lipinski definition) is 3. The zero-order valence-corrected chi connectivity index (χ0v) is 9.71. The molecule has 1 aliphatic carbocycles. The predicted octanol–water partition coefficient (Wildman–Crippen LogP) is 0.136. The summed E-state index contributed by atoms with van der Waals surface area (Å²) in [5.74, 6) is -1.06. The highest BCUT2D eigenvalue weighted by Crippen LogP contribution is 2.27. The van der Waals surface area contributed by atoms with E-state index in [0.717, 1.165) is 12.8 Å². The molecule has 2 amide bonds. The molecule has 6 heteroatoms. The lowest BCUT2D eigenvalue weighted by Gasteiger charge is -2.28. The number of hydrogen-bond donors (Lipinski definition) is 2. The minimum atomic E-state index is -1.06. The molecule has 0 radical (unpaired) electrons. The highest BCUT2D eigenvalue weighted by molar-refractivity contribution is 5.80. The van der Waals surface area contributed by atoms with Gasteiger partial charge in [0.25, 0.3) is 0 Å². The van der Waals surface area contributed by atoms with Crippen LogP contribution in [-0.2, 0) is 4.79 Å². The number of aliphatic hydroxyl groups excluding tert-OH is 1. The highest BCUT2D eigenvalue weighted by atomic mass is 16.4. The van der Waals surface area contributed by atoms with E-state index >= 15 is 0 Å². The van der Waals surface area contributed by atoms with Crippen LogP contribution < -0.4 is 0 Å². The van der Waals surface area contributed by atoms with Gasteiger partial charge in [0, 0.05) is 19.1 Å². The van der Waals surface area contributed by atoms with Crippen molar-refractivity contribution in [2.45, 2.75) is 18.9 Å². The van der Waals surface area contributed by atoms with E-state index in [1.165, 1.54) is 15.9 Å². The molecule has 2 N–H and O–H groups in total. The molecule has 0 bridgehead atoms. The second-order valence-corrected chi connectivity index (χ2v) is 3.99. The maximum absolute atomic E-state index is 12.1. The highest BCUT2D eigenvalue weighted by Gasteiger charge is 2.34. The lowest BCUT2D eigenvalue weighted by molar-refractivity contribution is -0.137. The molecule has 0 aliphatic heterocycles. The van der Waals surface area contributed by atoms with Gasteiger partial charge in [-0.05, 0) is 12.8 Å². The molecular formula is C11H18N2O4. The molecule has 0 heterocycles. The molecule has 1 fully saturated rings. The first-order valence-electron chi connectivity index (χ1n) is 5.59. The topological polar surface area (TPSA) is 81.1 Å². The van der Waals surface area contributed by atoms with Crippen molar-refractivity contribution in [3.8, 4) is 0 Å². The normalized spacial score (nSPS) is 14.2. The average molecular weight is 242 g/mol. The second kappa shape index (κ2) is 6.24. The molecule has 0 unspecified atom stereocenters. The maximum atomic E-state index is 12.1. The lowest BCUT2D eigenvalue weighted by atomic mass is 10.4. The lowest BCUT2D eigenvalue weighted by Crippen LogP contribution is -2.47. The summed E-state index contributed by atoms with van der Waals surface area (Å²) in [5, 5.41) is 17.6. The Bertz CT molecular complexity index is 302. The molecule has 6 nitrogen and oxygen atoms in total.